The molecule has 1 N–H and O–H groups in total. The van der Waals surface area contributed by atoms with Crippen molar-refractivity contribution in [2.75, 3.05) is 23.9 Å². The highest BCUT2D eigenvalue weighted by Gasteiger charge is 2.36. The molecule has 0 radical (unpaired) electrons. The molecule has 6 heteroatoms. The zero-order valence-corrected chi connectivity index (χ0v) is 18.4. The summed E-state index contributed by atoms with van der Waals surface area (Å²) in [5, 5.41) is 4.16. The first-order chi connectivity index (χ1) is 15.5. The molecule has 4 aromatic rings. The van der Waals surface area contributed by atoms with Gasteiger partial charge in [-0.15, -0.1) is 0 Å². The van der Waals surface area contributed by atoms with Crippen molar-refractivity contribution in [1.82, 2.24) is 9.97 Å². The Morgan fingerprint density at radius 2 is 1.75 bits per heavy atom. The number of rotatable bonds is 4. The lowest BCUT2D eigenvalue weighted by Gasteiger charge is -2.45. The van der Waals surface area contributed by atoms with Crippen LogP contribution in [0.5, 0.6) is 5.75 Å². The van der Waals surface area contributed by atoms with Crippen molar-refractivity contribution in [3.63, 3.8) is 0 Å². The lowest BCUT2D eigenvalue weighted by atomic mass is 9.83. The predicted octanol–water partition coefficient (Wildman–Crippen LogP) is 5.82. The third kappa shape index (κ3) is 3.42. The summed E-state index contributed by atoms with van der Waals surface area (Å²) < 4.78 is 19.0. The number of anilines is 3. The van der Waals surface area contributed by atoms with Gasteiger partial charge in [0.1, 0.15) is 22.9 Å². The van der Waals surface area contributed by atoms with E-state index in [1.54, 1.807) is 19.2 Å². The SMILES string of the molecule is COc1cccc2c(N3CCc4ccccc4C3(C)C)nc(Nc3ccc(F)cc3)nc12. The molecule has 1 aliphatic heterocycles. The Labute approximate surface area is 186 Å². The van der Waals surface area contributed by atoms with E-state index in [0.717, 1.165) is 35.4 Å². The second-order valence-corrected chi connectivity index (χ2v) is 8.48. The van der Waals surface area contributed by atoms with Gasteiger partial charge in [-0.25, -0.2) is 9.37 Å². The molecule has 1 aromatic heterocycles. The topological polar surface area (TPSA) is 50.3 Å². The molecule has 0 aliphatic carbocycles. The molecule has 2 heterocycles. The predicted molar refractivity (Wildman–Crippen MR) is 126 cm³/mol. The van der Waals surface area contributed by atoms with E-state index >= 15 is 0 Å². The number of para-hydroxylation sites is 1. The van der Waals surface area contributed by atoms with Gasteiger partial charge in [-0.3, -0.25) is 0 Å². The molecule has 162 valence electrons. The van der Waals surface area contributed by atoms with Gasteiger partial charge >= 0.3 is 0 Å². The van der Waals surface area contributed by atoms with Gasteiger partial charge in [-0.1, -0.05) is 30.3 Å². The number of ether oxygens (including phenoxy) is 1. The van der Waals surface area contributed by atoms with Crippen LogP contribution in [0.25, 0.3) is 10.9 Å². The number of fused-ring (bicyclic) bond motifs is 2. The summed E-state index contributed by atoms with van der Waals surface area (Å²) >= 11 is 0. The number of nitrogens with one attached hydrogen (secondary N) is 1. The Hall–Kier alpha value is -3.67. The van der Waals surface area contributed by atoms with Crippen LogP contribution in [0, 0.1) is 5.82 Å². The maximum atomic E-state index is 13.4. The highest BCUT2D eigenvalue weighted by atomic mass is 19.1. The summed E-state index contributed by atoms with van der Waals surface area (Å²) in [6.07, 6.45) is 0.940. The summed E-state index contributed by atoms with van der Waals surface area (Å²) in [4.78, 5) is 12.0. The molecule has 0 saturated carbocycles. The van der Waals surface area contributed by atoms with Crippen LogP contribution >= 0.6 is 0 Å². The third-order valence-corrected chi connectivity index (χ3v) is 6.20. The molecule has 5 nitrogen and oxygen atoms in total. The highest BCUT2D eigenvalue weighted by Crippen LogP contribution is 2.41. The molecule has 1 aliphatic rings. The van der Waals surface area contributed by atoms with Gasteiger partial charge in [0.05, 0.1) is 12.6 Å². The second-order valence-electron chi connectivity index (χ2n) is 8.48. The molecule has 0 unspecified atom stereocenters. The normalized spacial score (nSPS) is 14.8. The largest absolute Gasteiger partial charge is 0.494 e. The molecule has 0 atom stereocenters. The van der Waals surface area contributed by atoms with E-state index in [0.29, 0.717) is 11.7 Å². The van der Waals surface area contributed by atoms with Crippen molar-refractivity contribution in [2.24, 2.45) is 0 Å². The van der Waals surface area contributed by atoms with Crippen molar-refractivity contribution >= 4 is 28.4 Å². The molecule has 0 fully saturated rings. The fourth-order valence-electron chi connectivity index (χ4n) is 4.56. The first kappa shape index (κ1) is 20.2. The maximum Gasteiger partial charge on any atom is 0.229 e. The Bertz CT molecular complexity index is 1290. The number of nitrogens with zero attached hydrogens (tertiary/aromatic N) is 3. The number of hydrogen-bond acceptors (Lipinski definition) is 5. The van der Waals surface area contributed by atoms with E-state index in [4.69, 9.17) is 14.7 Å². The fraction of sp³-hybridized carbons (Fsp3) is 0.231. The lowest BCUT2D eigenvalue weighted by Crippen LogP contribution is -2.47. The second kappa shape index (κ2) is 7.79. The van der Waals surface area contributed by atoms with Crippen molar-refractivity contribution in [2.45, 2.75) is 25.8 Å². The van der Waals surface area contributed by atoms with Gasteiger partial charge in [0, 0.05) is 17.6 Å². The van der Waals surface area contributed by atoms with Crippen LogP contribution in [-0.2, 0) is 12.0 Å². The third-order valence-electron chi connectivity index (χ3n) is 6.20. The summed E-state index contributed by atoms with van der Waals surface area (Å²) in [5.74, 6) is 1.69. The van der Waals surface area contributed by atoms with E-state index < -0.39 is 0 Å². The Morgan fingerprint density at radius 3 is 2.53 bits per heavy atom. The number of benzene rings is 3. The minimum absolute atomic E-state index is 0.258. The molecule has 0 spiro atoms. The summed E-state index contributed by atoms with van der Waals surface area (Å²) in [5.41, 5.74) is 3.87. The molecule has 0 saturated heterocycles. The molecular weight excluding hydrogens is 403 g/mol. The summed E-state index contributed by atoms with van der Waals surface area (Å²) in [6.45, 7) is 5.29. The van der Waals surface area contributed by atoms with Crippen LogP contribution in [0.4, 0.5) is 21.8 Å². The molecule has 3 aromatic carbocycles. The van der Waals surface area contributed by atoms with Gasteiger partial charge in [-0.05, 0) is 67.8 Å². The molecule has 32 heavy (non-hydrogen) atoms. The van der Waals surface area contributed by atoms with Crippen LogP contribution in [0.15, 0.2) is 66.7 Å². The highest BCUT2D eigenvalue weighted by molar-refractivity contribution is 5.95. The van der Waals surface area contributed by atoms with E-state index in [1.807, 2.05) is 18.2 Å². The Balaban J connectivity index is 1.67. The van der Waals surface area contributed by atoms with Crippen LogP contribution in [0.3, 0.4) is 0 Å². The van der Waals surface area contributed by atoms with Gasteiger partial charge in [-0.2, -0.15) is 4.98 Å². The lowest BCUT2D eigenvalue weighted by molar-refractivity contribution is 0.418. The van der Waals surface area contributed by atoms with E-state index in [9.17, 15) is 4.39 Å². The van der Waals surface area contributed by atoms with Crippen molar-refractivity contribution in [1.29, 1.82) is 0 Å². The minimum Gasteiger partial charge on any atom is -0.494 e. The zero-order chi connectivity index (χ0) is 22.3. The van der Waals surface area contributed by atoms with Crippen molar-refractivity contribution < 1.29 is 9.13 Å². The first-order valence-corrected chi connectivity index (χ1v) is 10.7. The van der Waals surface area contributed by atoms with Gasteiger partial charge < -0.3 is 15.0 Å². The molecule has 0 amide bonds. The molecule has 5 rings (SSSR count). The van der Waals surface area contributed by atoms with Crippen molar-refractivity contribution in [3.05, 3.63) is 83.7 Å². The van der Waals surface area contributed by atoms with Crippen LogP contribution in [0.2, 0.25) is 0 Å². The average Bonchev–Trinajstić information content (AvgIpc) is 2.80. The molecular formula is C26H25FN4O. The smallest absolute Gasteiger partial charge is 0.229 e. The Kier molecular flexibility index (Phi) is 4.93. The van der Waals surface area contributed by atoms with Gasteiger partial charge in [0.2, 0.25) is 5.95 Å². The monoisotopic (exact) mass is 428 g/mol. The zero-order valence-electron chi connectivity index (χ0n) is 18.4. The van der Waals surface area contributed by atoms with Crippen LogP contribution in [-0.4, -0.2) is 23.6 Å². The van der Waals surface area contributed by atoms with E-state index in [2.05, 4.69) is 48.3 Å². The first-order valence-electron chi connectivity index (χ1n) is 10.7. The number of halogens is 1. The van der Waals surface area contributed by atoms with Crippen LogP contribution < -0.4 is 15.0 Å². The summed E-state index contributed by atoms with van der Waals surface area (Å²) in [7, 11) is 1.64. The van der Waals surface area contributed by atoms with Gasteiger partial charge in [0.15, 0.2) is 0 Å². The number of aromatic nitrogens is 2. The number of methoxy groups -OCH3 is 1. The van der Waals surface area contributed by atoms with E-state index in [1.165, 1.54) is 23.3 Å². The minimum atomic E-state index is -0.286. The molecule has 0 bridgehead atoms. The number of hydrogen-bond donors (Lipinski definition) is 1. The fourth-order valence-corrected chi connectivity index (χ4v) is 4.56. The maximum absolute atomic E-state index is 13.4. The average molecular weight is 429 g/mol. The van der Waals surface area contributed by atoms with Gasteiger partial charge in [0.25, 0.3) is 0 Å². The standard InChI is InChI=1S/C26H25FN4O/c1-26(2)21-9-5-4-7-17(21)15-16-31(26)24-20-8-6-10-22(32-3)23(20)29-25(30-24)28-19-13-11-18(27)12-14-19/h4-14H,15-16H2,1-3H3,(H,28,29,30). The van der Waals surface area contributed by atoms with Crippen molar-refractivity contribution in [3.8, 4) is 5.75 Å². The van der Waals surface area contributed by atoms with Crippen LogP contribution in [0.1, 0.15) is 25.0 Å². The Morgan fingerprint density at radius 1 is 0.969 bits per heavy atom. The van der Waals surface area contributed by atoms with E-state index in [-0.39, 0.29) is 11.4 Å². The summed E-state index contributed by atoms with van der Waals surface area (Å²) in [6, 6.07) is 20.7. The quantitative estimate of drug-likeness (QED) is 0.444.